The molecule has 1 aromatic carbocycles. The van der Waals surface area contributed by atoms with E-state index in [1.165, 1.54) is 12.1 Å². The van der Waals surface area contributed by atoms with E-state index in [9.17, 15) is 4.39 Å². The molecule has 6 nitrogen and oxygen atoms in total. The second-order valence-electron chi connectivity index (χ2n) is 7.32. The molecule has 1 fully saturated rings. The number of benzene rings is 1. The van der Waals surface area contributed by atoms with Crippen LogP contribution in [0.5, 0.6) is 0 Å². The van der Waals surface area contributed by atoms with E-state index in [0.29, 0.717) is 12.6 Å². The van der Waals surface area contributed by atoms with Crippen LogP contribution in [0, 0.1) is 5.82 Å². The highest BCUT2D eigenvalue weighted by molar-refractivity contribution is 5.79. The first kappa shape index (κ1) is 22.6. The fourth-order valence-corrected chi connectivity index (χ4v) is 3.55. The number of likely N-dealkylation sites (N-methyl/N-ethyl adjacent to an activating group) is 1. The third kappa shape index (κ3) is 7.04. The van der Waals surface area contributed by atoms with Gasteiger partial charge in [-0.05, 0) is 38.1 Å². The van der Waals surface area contributed by atoms with E-state index in [2.05, 4.69) is 46.2 Å². The smallest absolute Gasteiger partial charge is 0.191 e. The molecule has 1 aliphatic heterocycles. The second kappa shape index (κ2) is 12.0. The summed E-state index contributed by atoms with van der Waals surface area (Å²) in [6.45, 7) is 13.4. The van der Waals surface area contributed by atoms with Crippen molar-refractivity contribution in [2.24, 2.45) is 4.99 Å². The molecule has 2 N–H and O–H groups in total. The Kier molecular flexibility index (Phi) is 9.67. The number of guanidine groups is 1. The third-order valence-corrected chi connectivity index (χ3v) is 5.26. The number of hydrogen-bond acceptors (Lipinski definition) is 4. The first-order valence-corrected chi connectivity index (χ1v) is 10.3. The Morgan fingerprint density at radius 2 is 1.89 bits per heavy atom. The van der Waals surface area contributed by atoms with Crippen molar-refractivity contribution in [1.29, 1.82) is 0 Å². The van der Waals surface area contributed by atoms with Crippen LogP contribution in [0.2, 0.25) is 0 Å². The Balaban J connectivity index is 1.93. The lowest BCUT2D eigenvalue weighted by molar-refractivity contribution is 0.0170. The highest BCUT2D eigenvalue weighted by atomic mass is 19.1. The number of hydrogen-bond donors (Lipinski definition) is 2. The van der Waals surface area contributed by atoms with Crippen LogP contribution < -0.4 is 10.6 Å². The van der Waals surface area contributed by atoms with Gasteiger partial charge in [0.1, 0.15) is 5.82 Å². The lowest BCUT2D eigenvalue weighted by Crippen LogP contribution is -2.47. The molecule has 1 saturated heterocycles. The zero-order valence-corrected chi connectivity index (χ0v) is 17.7. The molecule has 1 aliphatic rings. The molecule has 1 heterocycles. The van der Waals surface area contributed by atoms with Crippen molar-refractivity contribution in [3.63, 3.8) is 0 Å². The van der Waals surface area contributed by atoms with Crippen molar-refractivity contribution in [1.82, 2.24) is 20.4 Å². The maximum absolute atomic E-state index is 13.4. The van der Waals surface area contributed by atoms with Crippen LogP contribution in [0.4, 0.5) is 4.39 Å². The fourth-order valence-electron chi connectivity index (χ4n) is 3.55. The monoisotopic (exact) mass is 393 g/mol. The van der Waals surface area contributed by atoms with E-state index in [4.69, 9.17) is 4.74 Å². The average molecular weight is 394 g/mol. The molecule has 0 radical (unpaired) electrons. The Labute approximate surface area is 169 Å². The molecule has 28 heavy (non-hydrogen) atoms. The average Bonchev–Trinajstić information content (AvgIpc) is 2.71. The number of halogens is 1. The van der Waals surface area contributed by atoms with Gasteiger partial charge in [0.2, 0.25) is 0 Å². The second-order valence-corrected chi connectivity index (χ2v) is 7.32. The van der Waals surface area contributed by atoms with E-state index < -0.39 is 0 Å². The molecule has 1 unspecified atom stereocenters. The molecule has 2 rings (SSSR count). The first-order valence-electron chi connectivity index (χ1n) is 10.3. The maximum Gasteiger partial charge on any atom is 0.191 e. The van der Waals surface area contributed by atoms with Crippen LogP contribution in [0.3, 0.4) is 0 Å². The van der Waals surface area contributed by atoms with Crippen molar-refractivity contribution >= 4 is 5.96 Å². The molecule has 0 aromatic heterocycles. The van der Waals surface area contributed by atoms with Crippen molar-refractivity contribution in [3.8, 4) is 0 Å². The minimum Gasteiger partial charge on any atom is -0.379 e. The molecule has 0 saturated carbocycles. The molecule has 1 atom stereocenters. The normalized spacial score (nSPS) is 17.2. The predicted molar refractivity (Wildman–Crippen MR) is 113 cm³/mol. The molecule has 0 bridgehead atoms. The Hall–Kier alpha value is -1.70. The lowest BCUT2D eigenvalue weighted by Gasteiger charge is -2.35. The summed E-state index contributed by atoms with van der Waals surface area (Å²) in [5.74, 6) is 0.584. The minimum absolute atomic E-state index is 0.144. The highest BCUT2D eigenvalue weighted by Crippen LogP contribution is 2.21. The minimum atomic E-state index is -0.208. The summed E-state index contributed by atoms with van der Waals surface area (Å²) in [6, 6.07) is 7.48. The molecule has 0 aliphatic carbocycles. The summed E-state index contributed by atoms with van der Waals surface area (Å²) >= 11 is 0. The van der Waals surface area contributed by atoms with Gasteiger partial charge in [-0.1, -0.05) is 19.1 Å². The summed E-state index contributed by atoms with van der Waals surface area (Å²) in [4.78, 5) is 9.15. The predicted octanol–water partition coefficient (Wildman–Crippen LogP) is 2.09. The molecule has 7 heteroatoms. The number of morpholine rings is 1. The molecule has 1 aromatic rings. The molecular weight excluding hydrogens is 357 g/mol. The molecule has 0 spiro atoms. The van der Waals surface area contributed by atoms with E-state index in [1.54, 1.807) is 7.05 Å². The van der Waals surface area contributed by atoms with Crippen LogP contribution in [-0.4, -0.2) is 81.3 Å². The van der Waals surface area contributed by atoms with E-state index in [-0.39, 0.29) is 11.9 Å². The number of ether oxygens (including phenoxy) is 1. The lowest BCUT2D eigenvalue weighted by atomic mass is 10.0. The number of nitrogens with zero attached hydrogens (tertiary/aromatic N) is 3. The quantitative estimate of drug-likeness (QED) is 0.497. The Morgan fingerprint density at radius 1 is 1.21 bits per heavy atom. The van der Waals surface area contributed by atoms with Crippen molar-refractivity contribution < 1.29 is 9.13 Å². The Morgan fingerprint density at radius 3 is 2.46 bits per heavy atom. The van der Waals surface area contributed by atoms with Gasteiger partial charge in [-0.15, -0.1) is 0 Å². The standard InChI is InChI=1S/C21H36FN5O/c1-5-26(17(2)3)11-10-24-21(23-4)25-16-20(27-12-14-28-15-13-27)18-6-8-19(22)9-7-18/h6-9,17,20H,5,10-16H2,1-4H3,(H2,23,24,25). The summed E-state index contributed by atoms with van der Waals surface area (Å²) < 4.78 is 18.9. The highest BCUT2D eigenvalue weighted by Gasteiger charge is 2.23. The number of rotatable bonds is 9. The van der Waals surface area contributed by atoms with Crippen LogP contribution in [0.25, 0.3) is 0 Å². The third-order valence-electron chi connectivity index (χ3n) is 5.26. The van der Waals surface area contributed by atoms with Gasteiger partial charge in [-0.3, -0.25) is 14.8 Å². The topological polar surface area (TPSA) is 52.1 Å². The van der Waals surface area contributed by atoms with Crippen LogP contribution in [0.15, 0.2) is 29.3 Å². The van der Waals surface area contributed by atoms with E-state index in [1.807, 2.05) is 12.1 Å². The van der Waals surface area contributed by atoms with Gasteiger partial charge in [0, 0.05) is 45.8 Å². The van der Waals surface area contributed by atoms with Gasteiger partial charge < -0.3 is 15.4 Å². The van der Waals surface area contributed by atoms with E-state index >= 15 is 0 Å². The van der Waals surface area contributed by atoms with Crippen molar-refractivity contribution in [2.45, 2.75) is 32.9 Å². The van der Waals surface area contributed by atoms with Crippen LogP contribution in [0.1, 0.15) is 32.4 Å². The van der Waals surface area contributed by atoms with Gasteiger partial charge in [0.05, 0.1) is 19.3 Å². The van der Waals surface area contributed by atoms with E-state index in [0.717, 1.165) is 57.5 Å². The van der Waals surface area contributed by atoms with Crippen molar-refractivity contribution in [2.75, 3.05) is 59.5 Å². The summed E-state index contributed by atoms with van der Waals surface area (Å²) in [7, 11) is 1.79. The number of aliphatic imine (C=N–C) groups is 1. The zero-order chi connectivity index (χ0) is 20.4. The SMILES string of the molecule is CCN(CCNC(=NC)NCC(c1ccc(F)cc1)N1CCOCC1)C(C)C. The number of nitrogens with one attached hydrogen (secondary N) is 2. The largest absolute Gasteiger partial charge is 0.379 e. The van der Waals surface area contributed by atoms with Gasteiger partial charge >= 0.3 is 0 Å². The zero-order valence-electron chi connectivity index (χ0n) is 17.7. The fraction of sp³-hybridized carbons (Fsp3) is 0.667. The molecular formula is C21H36FN5O. The first-order chi connectivity index (χ1) is 13.5. The summed E-state index contributed by atoms with van der Waals surface area (Å²) in [5.41, 5.74) is 1.10. The summed E-state index contributed by atoms with van der Waals surface area (Å²) in [6.07, 6.45) is 0. The van der Waals surface area contributed by atoms with Gasteiger partial charge in [0.25, 0.3) is 0 Å². The summed E-state index contributed by atoms with van der Waals surface area (Å²) in [5, 5.41) is 6.85. The van der Waals surface area contributed by atoms with Crippen LogP contribution in [-0.2, 0) is 4.74 Å². The maximum atomic E-state index is 13.4. The molecule has 0 amide bonds. The van der Waals surface area contributed by atoms with Crippen molar-refractivity contribution in [3.05, 3.63) is 35.6 Å². The molecule has 158 valence electrons. The van der Waals surface area contributed by atoms with Gasteiger partial charge in [-0.2, -0.15) is 0 Å². The van der Waals surface area contributed by atoms with Crippen LogP contribution >= 0.6 is 0 Å². The van der Waals surface area contributed by atoms with Gasteiger partial charge in [-0.25, -0.2) is 4.39 Å². The van der Waals surface area contributed by atoms with Gasteiger partial charge in [0.15, 0.2) is 5.96 Å². The Bertz CT molecular complexity index is 587.